The minimum absolute atomic E-state index is 0.0208. The van der Waals surface area contributed by atoms with Gasteiger partial charge in [-0.05, 0) is 0 Å². The Morgan fingerprint density at radius 3 is 2.50 bits per heavy atom. The number of nitrogens with two attached hydrogens (primary N) is 2. The molecule has 6 nitrogen and oxygen atoms in total. The predicted octanol–water partition coefficient (Wildman–Crippen LogP) is -2.18. The minimum atomic E-state index is -0.451. The lowest BCUT2D eigenvalue weighted by atomic mass is 10.1. The first-order chi connectivity index (χ1) is 5.63. The van der Waals surface area contributed by atoms with E-state index < -0.39 is 6.03 Å². The van der Waals surface area contributed by atoms with Gasteiger partial charge in [0.25, 0.3) is 0 Å². The molecule has 1 aliphatic heterocycles. The van der Waals surface area contributed by atoms with Crippen molar-refractivity contribution in [2.45, 2.75) is 6.04 Å². The zero-order valence-corrected chi connectivity index (χ0v) is 6.62. The molecule has 1 heterocycles. The van der Waals surface area contributed by atoms with Gasteiger partial charge in [0.15, 0.2) is 0 Å². The van der Waals surface area contributed by atoms with E-state index in [-0.39, 0.29) is 18.5 Å². The maximum Gasteiger partial charge on any atom is 0.314 e. The van der Waals surface area contributed by atoms with Crippen molar-refractivity contribution in [3.05, 3.63) is 0 Å². The fraction of sp³-hybridized carbons (Fsp3) is 0.667. The van der Waals surface area contributed by atoms with Crippen molar-refractivity contribution in [2.24, 2.45) is 11.5 Å². The monoisotopic (exact) mass is 172 g/mol. The van der Waals surface area contributed by atoms with Gasteiger partial charge in [0.1, 0.15) is 0 Å². The summed E-state index contributed by atoms with van der Waals surface area (Å²) < 4.78 is 0. The standard InChI is InChI=1S/C6H12N4O2/c7-1-5(11)9-4-2-10(3-4)6(8)12/h4H,1-3,7H2,(H2,8,12)(H,9,11). The van der Waals surface area contributed by atoms with Crippen molar-refractivity contribution in [3.8, 4) is 0 Å². The first kappa shape index (κ1) is 8.79. The molecule has 68 valence electrons. The number of carbonyl (C=O) groups excluding carboxylic acids is 2. The molecule has 0 aliphatic carbocycles. The van der Waals surface area contributed by atoms with Crippen LogP contribution in [0.3, 0.4) is 0 Å². The molecule has 0 saturated carbocycles. The van der Waals surface area contributed by atoms with Gasteiger partial charge >= 0.3 is 6.03 Å². The summed E-state index contributed by atoms with van der Waals surface area (Å²) >= 11 is 0. The van der Waals surface area contributed by atoms with Crippen LogP contribution in [0.1, 0.15) is 0 Å². The van der Waals surface area contributed by atoms with Crippen LogP contribution < -0.4 is 16.8 Å². The molecule has 12 heavy (non-hydrogen) atoms. The number of nitrogens with zero attached hydrogens (tertiary/aromatic N) is 1. The quantitative estimate of drug-likeness (QED) is 0.441. The average molecular weight is 172 g/mol. The summed E-state index contributed by atoms with van der Waals surface area (Å²) in [4.78, 5) is 22.7. The lowest BCUT2D eigenvalue weighted by Crippen LogP contribution is -2.62. The van der Waals surface area contributed by atoms with E-state index in [4.69, 9.17) is 11.5 Å². The lowest BCUT2D eigenvalue weighted by Gasteiger charge is -2.38. The molecule has 1 rings (SSSR count). The van der Waals surface area contributed by atoms with Gasteiger partial charge in [-0.25, -0.2) is 4.79 Å². The fourth-order valence-corrected chi connectivity index (χ4v) is 1.04. The number of amides is 3. The van der Waals surface area contributed by atoms with Gasteiger partial charge in [0.05, 0.1) is 12.6 Å². The third-order valence-corrected chi connectivity index (χ3v) is 1.74. The van der Waals surface area contributed by atoms with Crippen LogP contribution in [-0.2, 0) is 4.79 Å². The summed E-state index contributed by atoms with van der Waals surface area (Å²) in [6, 6.07) is -0.429. The molecule has 0 atom stereocenters. The molecule has 5 N–H and O–H groups in total. The summed E-state index contributed by atoms with van der Waals surface area (Å²) in [5.74, 6) is -0.205. The van der Waals surface area contributed by atoms with Gasteiger partial charge < -0.3 is 21.7 Å². The summed E-state index contributed by atoms with van der Waals surface area (Å²) in [5, 5.41) is 2.64. The number of primary amides is 1. The van der Waals surface area contributed by atoms with E-state index >= 15 is 0 Å². The van der Waals surface area contributed by atoms with Gasteiger partial charge in [-0.1, -0.05) is 0 Å². The number of carbonyl (C=O) groups is 2. The normalized spacial score (nSPS) is 16.9. The van der Waals surface area contributed by atoms with Crippen molar-refractivity contribution in [3.63, 3.8) is 0 Å². The van der Waals surface area contributed by atoms with Gasteiger partial charge in [0, 0.05) is 13.1 Å². The van der Waals surface area contributed by atoms with Crippen LogP contribution in [0.5, 0.6) is 0 Å². The van der Waals surface area contributed by atoms with Crippen LogP contribution in [-0.4, -0.2) is 42.5 Å². The molecular weight excluding hydrogens is 160 g/mol. The number of nitrogens with one attached hydrogen (secondary N) is 1. The van der Waals surface area contributed by atoms with Crippen molar-refractivity contribution >= 4 is 11.9 Å². The number of hydrogen-bond acceptors (Lipinski definition) is 3. The zero-order chi connectivity index (χ0) is 9.14. The van der Waals surface area contributed by atoms with E-state index in [1.807, 2.05) is 0 Å². The zero-order valence-electron chi connectivity index (χ0n) is 6.62. The molecular formula is C6H12N4O2. The maximum absolute atomic E-state index is 10.7. The van der Waals surface area contributed by atoms with E-state index in [9.17, 15) is 9.59 Å². The van der Waals surface area contributed by atoms with Crippen LogP contribution in [0.25, 0.3) is 0 Å². The van der Waals surface area contributed by atoms with Crippen LogP contribution >= 0.6 is 0 Å². The molecule has 0 aromatic rings. The van der Waals surface area contributed by atoms with Crippen LogP contribution in [0, 0.1) is 0 Å². The average Bonchev–Trinajstić information content (AvgIpc) is 1.94. The van der Waals surface area contributed by atoms with Gasteiger partial charge in [0.2, 0.25) is 5.91 Å². The SMILES string of the molecule is NCC(=O)NC1CN(C(N)=O)C1. The van der Waals surface area contributed by atoms with Crippen LogP contribution in [0.4, 0.5) is 4.79 Å². The number of hydrogen-bond donors (Lipinski definition) is 3. The lowest BCUT2D eigenvalue weighted by molar-refractivity contribution is -0.121. The third-order valence-electron chi connectivity index (χ3n) is 1.74. The Bertz CT molecular complexity index is 200. The highest BCUT2D eigenvalue weighted by Gasteiger charge is 2.29. The highest BCUT2D eigenvalue weighted by molar-refractivity contribution is 5.79. The van der Waals surface area contributed by atoms with Crippen molar-refractivity contribution in [2.75, 3.05) is 19.6 Å². The third kappa shape index (κ3) is 1.85. The molecule has 3 amide bonds. The Kier molecular flexibility index (Phi) is 2.49. The number of rotatable bonds is 2. The van der Waals surface area contributed by atoms with E-state index in [2.05, 4.69) is 5.32 Å². The van der Waals surface area contributed by atoms with Crippen LogP contribution in [0.2, 0.25) is 0 Å². The molecule has 1 fully saturated rings. The molecule has 0 bridgehead atoms. The van der Waals surface area contributed by atoms with E-state index in [1.54, 1.807) is 0 Å². The second-order valence-corrected chi connectivity index (χ2v) is 2.71. The predicted molar refractivity (Wildman–Crippen MR) is 42.1 cm³/mol. The van der Waals surface area contributed by atoms with Crippen molar-refractivity contribution in [1.82, 2.24) is 10.2 Å². The highest BCUT2D eigenvalue weighted by Crippen LogP contribution is 2.05. The highest BCUT2D eigenvalue weighted by atomic mass is 16.2. The van der Waals surface area contributed by atoms with Gasteiger partial charge in [-0.3, -0.25) is 4.79 Å². The Labute approximate surface area is 69.9 Å². The summed E-state index contributed by atoms with van der Waals surface area (Å²) in [5.41, 5.74) is 10.0. The topological polar surface area (TPSA) is 101 Å². The van der Waals surface area contributed by atoms with E-state index in [1.165, 1.54) is 4.90 Å². The largest absolute Gasteiger partial charge is 0.351 e. The number of likely N-dealkylation sites (tertiary alicyclic amines) is 1. The Hall–Kier alpha value is -1.30. The van der Waals surface area contributed by atoms with Gasteiger partial charge in [-0.2, -0.15) is 0 Å². The first-order valence-electron chi connectivity index (χ1n) is 3.67. The van der Waals surface area contributed by atoms with Gasteiger partial charge in [-0.15, -0.1) is 0 Å². The van der Waals surface area contributed by atoms with Crippen molar-refractivity contribution in [1.29, 1.82) is 0 Å². The molecule has 0 aromatic carbocycles. The maximum atomic E-state index is 10.7. The summed E-state index contributed by atoms with van der Waals surface area (Å²) in [7, 11) is 0. The minimum Gasteiger partial charge on any atom is -0.351 e. The molecule has 0 spiro atoms. The Balaban J connectivity index is 2.17. The Morgan fingerprint density at radius 2 is 2.08 bits per heavy atom. The molecule has 6 heteroatoms. The van der Waals surface area contributed by atoms with E-state index in [0.29, 0.717) is 13.1 Å². The van der Waals surface area contributed by atoms with E-state index in [0.717, 1.165) is 0 Å². The first-order valence-corrected chi connectivity index (χ1v) is 3.67. The molecule has 0 unspecified atom stereocenters. The molecule has 0 aromatic heterocycles. The number of urea groups is 1. The smallest absolute Gasteiger partial charge is 0.314 e. The summed E-state index contributed by atoms with van der Waals surface area (Å²) in [6.07, 6.45) is 0. The van der Waals surface area contributed by atoms with Crippen molar-refractivity contribution < 1.29 is 9.59 Å². The second-order valence-electron chi connectivity index (χ2n) is 2.71. The second kappa shape index (κ2) is 3.40. The summed E-state index contributed by atoms with van der Waals surface area (Å²) in [6.45, 7) is 0.954. The molecule has 1 aliphatic rings. The molecule has 1 saturated heterocycles. The van der Waals surface area contributed by atoms with Crippen LogP contribution in [0.15, 0.2) is 0 Å². The molecule has 0 radical (unpaired) electrons. The Morgan fingerprint density at radius 1 is 1.50 bits per heavy atom. The fourth-order valence-electron chi connectivity index (χ4n) is 1.04.